The van der Waals surface area contributed by atoms with E-state index in [0.29, 0.717) is 0 Å². The van der Waals surface area contributed by atoms with Crippen LogP contribution in [0.15, 0.2) is 45.1 Å². The van der Waals surface area contributed by atoms with Crippen LogP contribution < -0.4 is 4.72 Å². The van der Waals surface area contributed by atoms with Gasteiger partial charge in [-0.2, -0.15) is 0 Å². The summed E-state index contributed by atoms with van der Waals surface area (Å²) in [6.45, 7) is 1.70. The average Bonchev–Trinajstić information content (AvgIpc) is 2.88. The molecule has 0 aliphatic carbocycles. The number of hydrogen-bond donors (Lipinski definition) is 2. The second-order valence-electron chi connectivity index (χ2n) is 4.28. The first-order valence-electron chi connectivity index (χ1n) is 5.90. The van der Waals surface area contributed by atoms with Gasteiger partial charge in [0.25, 0.3) is 0 Å². The van der Waals surface area contributed by atoms with Gasteiger partial charge in [-0.3, -0.25) is 0 Å². The Bertz CT molecular complexity index is 770. The molecule has 5 nitrogen and oxygen atoms in total. The van der Waals surface area contributed by atoms with Crippen molar-refractivity contribution in [3.63, 3.8) is 0 Å². The van der Waals surface area contributed by atoms with Crippen LogP contribution in [-0.2, 0) is 10.0 Å². The average molecular weight is 390 g/mol. The Hall–Kier alpha value is -1.22. The highest BCUT2D eigenvalue weighted by Gasteiger charge is 2.26. The highest BCUT2D eigenvalue weighted by Crippen LogP contribution is 2.27. The molecule has 0 saturated carbocycles. The molecule has 0 bridgehead atoms. The topological polar surface area (TPSA) is 83.5 Å². The van der Waals surface area contributed by atoms with Gasteiger partial charge in [-0.1, -0.05) is 34.1 Å². The van der Waals surface area contributed by atoms with Crippen LogP contribution >= 0.6 is 27.3 Å². The lowest BCUT2D eigenvalue weighted by atomic mass is 10.1. The van der Waals surface area contributed by atoms with Gasteiger partial charge in [-0.05, 0) is 30.0 Å². The Morgan fingerprint density at radius 3 is 2.62 bits per heavy atom. The van der Waals surface area contributed by atoms with E-state index < -0.39 is 22.0 Å². The normalized spacial score (nSPS) is 13.0. The van der Waals surface area contributed by atoms with Gasteiger partial charge in [0.05, 0.1) is 0 Å². The molecule has 0 unspecified atom stereocenters. The van der Waals surface area contributed by atoms with Crippen LogP contribution in [0.3, 0.4) is 0 Å². The molecule has 1 atom stereocenters. The van der Waals surface area contributed by atoms with Crippen molar-refractivity contribution in [3.05, 3.63) is 50.6 Å². The Morgan fingerprint density at radius 1 is 1.33 bits per heavy atom. The van der Waals surface area contributed by atoms with E-state index in [1.165, 1.54) is 11.4 Å². The van der Waals surface area contributed by atoms with E-state index >= 15 is 0 Å². The van der Waals surface area contributed by atoms with E-state index in [2.05, 4.69) is 20.7 Å². The van der Waals surface area contributed by atoms with E-state index in [-0.39, 0.29) is 9.77 Å². The van der Waals surface area contributed by atoms with Crippen LogP contribution in [0.25, 0.3) is 0 Å². The maximum Gasteiger partial charge on any atom is 0.347 e. The van der Waals surface area contributed by atoms with Crippen molar-refractivity contribution in [2.45, 2.75) is 17.9 Å². The largest absolute Gasteiger partial charge is 0.477 e. The molecule has 2 rings (SSSR count). The van der Waals surface area contributed by atoms with Crippen molar-refractivity contribution in [2.75, 3.05) is 0 Å². The van der Waals surface area contributed by atoms with Crippen molar-refractivity contribution in [3.8, 4) is 0 Å². The Balaban J connectivity index is 2.32. The lowest BCUT2D eigenvalue weighted by Crippen LogP contribution is -2.27. The van der Waals surface area contributed by atoms with E-state index in [1.807, 2.05) is 12.1 Å². The fraction of sp³-hybridized carbons (Fsp3) is 0.154. The molecule has 0 aliphatic rings. The van der Waals surface area contributed by atoms with Crippen LogP contribution in [0.1, 0.15) is 28.2 Å². The maximum atomic E-state index is 12.3. The number of carboxylic acids is 1. The SMILES string of the molecule is C[C@H](NS(=O)(=O)c1ccsc1C(=O)O)c1ccccc1Br. The molecular formula is C13H12BrNO4S2. The standard InChI is InChI=1S/C13H12BrNO4S2/c1-8(9-4-2-3-5-10(9)14)15-21(18,19)11-6-7-20-12(11)13(16)17/h2-8,15H,1H3,(H,16,17)/t8-/m0/s1. The summed E-state index contributed by atoms with van der Waals surface area (Å²) in [4.78, 5) is 10.6. The molecule has 1 aromatic heterocycles. The first-order chi connectivity index (χ1) is 9.83. The van der Waals surface area contributed by atoms with E-state index in [0.717, 1.165) is 21.4 Å². The summed E-state index contributed by atoms with van der Waals surface area (Å²) >= 11 is 4.25. The number of hydrogen-bond acceptors (Lipinski definition) is 4. The summed E-state index contributed by atoms with van der Waals surface area (Å²) < 4.78 is 27.9. The molecule has 0 fully saturated rings. The van der Waals surface area contributed by atoms with Gasteiger partial charge in [-0.15, -0.1) is 11.3 Å². The fourth-order valence-corrected chi connectivity index (χ4v) is 4.96. The minimum atomic E-state index is -3.90. The molecular weight excluding hydrogens is 378 g/mol. The van der Waals surface area contributed by atoms with Crippen molar-refractivity contribution in [1.82, 2.24) is 4.72 Å². The quantitative estimate of drug-likeness (QED) is 0.821. The summed E-state index contributed by atoms with van der Waals surface area (Å²) in [6.07, 6.45) is 0. The van der Waals surface area contributed by atoms with Crippen molar-refractivity contribution >= 4 is 43.3 Å². The molecule has 0 spiro atoms. The Morgan fingerprint density at radius 2 is 2.00 bits per heavy atom. The number of aromatic carboxylic acids is 1. The van der Waals surface area contributed by atoms with Crippen LogP contribution in [-0.4, -0.2) is 19.5 Å². The number of sulfonamides is 1. The predicted molar refractivity (Wildman–Crippen MR) is 84.2 cm³/mol. The number of benzene rings is 1. The molecule has 2 N–H and O–H groups in total. The Kier molecular flexibility index (Phi) is 4.82. The first-order valence-corrected chi connectivity index (χ1v) is 9.06. The third-order valence-corrected chi connectivity index (χ3v) is 6.15. The second kappa shape index (κ2) is 6.27. The summed E-state index contributed by atoms with van der Waals surface area (Å²) in [5.41, 5.74) is 0.771. The zero-order valence-corrected chi connectivity index (χ0v) is 14.1. The monoisotopic (exact) mass is 389 g/mol. The number of rotatable bonds is 5. The lowest BCUT2D eigenvalue weighted by molar-refractivity contribution is 0.0698. The van der Waals surface area contributed by atoms with Gasteiger partial charge in [0, 0.05) is 10.5 Å². The molecule has 8 heteroatoms. The van der Waals surface area contributed by atoms with E-state index in [1.54, 1.807) is 19.1 Å². The summed E-state index contributed by atoms with van der Waals surface area (Å²) in [5.74, 6) is -1.25. The van der Waals surface area contributed by atoms with E-state index in [9.17, 15) is 13.2 Å². The summed E-state index contributed by atoms with van der Waals surface area (Å²) in [6, 6.07) is 8.04. The van der Waals surface area contributed by atoms with E-state index in [4.69, 9.17) is 5.11 Å². The summed E-state index contributed by atoms with van der Waals surface area (Å²) in [5, 5.41) is 10.5. The maximum absolute atomic E-state index is 12.3. The first kappa shape index (κ1) is 16.2. The van der Waals surface area contributed by atoms with Crippen LogP contribution in [0, 0.1) is 0 Å². The van der Waals surface area contributed by atoms with Crippen LogP contribution in [0.4, 0.5) is 0 Å². The van der Waals surface area contributed by atoms with Gasteiger partial charge in [0.1, 0.15) is 9.77 Å². The number of thiophene rings is 1. The fourth-order valence-electron chi connectivity index (χ4n) is 1.85. The van der Waals surface area contributed by atoms with Gasteiger partial charge in [0.2, 0.25) is 10.0 Å². The summed E-state index contributed by atoms with van der Waals surface area (Å²) in [7, 11) is -3.90. The number of carboxylic acid groups (broad SMARTS) is 1. The molecule has 21 heavy (non-hydrogen) atoms. The van der Waals surface area contributed by atoms with Gasteiger partial charge in [-0.25, -0.2) is 17.9 Å². The smallest absolute Gasteiger partial charge is 0.347 e. The second-order valence-corrected chi connectivity index (χ2v) is 7.74. The highest BCUT2D eigenvalue weighted by molar-refractivity contribution is 9.10. The number of carbonyl (C=O) groups is 1. The third kappa shape index (κ3) is 3.52. The van der Waals surface area contributed by atoms with Crippen LogP contribution in [0.5, 0.6) is 0 Å². The Labute approximate surface area is 134 Å². The zero-order valence-electron chi connectivity index (χ0n) is 10.9. The highest BCUT2D eigenvalue weighted by atomic mass is 79.9. The van der Waals surface area contributed by atoms with Crippen LogP contribution in [0.2, 0.25) is 0 Å². The zero-order chi connectivity index (χ0) is 15.6. The minimum absolute atomic E-state index is 0.193. The van der Waals surface area contributed by atoms with Crippen molar-refractivity contribution in [1.29, 1.82) is 0 Å². The molecule has 1 aromatic carbocycles. The van der Waals surface area contributed by atoms with Gasteiger partial charge >= 0.3 is 5.97 Å². The lowest BCUT2D eigenvalue weighted by Gasteiger charge is -2.15. The molecule has 0 aliphatic heterocycles. The molecule has 0 saturated heterocycles. The van der Waals surface area contributed by atoms with Gasteiger partial charge in [0.15, 0.2) is 0 Å². The number of nitrogens with one attached hydrogen (secondary N) is 1. The van der Waals surface area contributed by atoms with Crippen molar-refractivity contribution < 1.29 is 18.3 Å². The minimum Gasteiger partial charge on any atom is -0.477 e. The van der Waals surface area contributed by atoms with Crippen molar-refractivity contribution in [2.24, 2.45) is 0 Å². The number of halogens is 1. The third-order valence-electron chi connectivity index (χ3n) is 2.82. The molecule has 0 amide bonds. The molecule has 2 aromatic rings. The van der Waals surface area contributed by atoms with Gasteiger partial charge < -0.3 is 5.11 Å². The molecule has 1 heterocycles. The molecule has 112 valence electrons. The molecule has 0 radical (unpaired) electrons. The predicted octanol–water partition coefficient (Wildman–Crippen LogP) is 3.25.